The van der Waals surface area contributed by atoms with Gasteiger partial charge in [-0.05, 0) is 59.7 Å². The highest BCUT2D eigenvalue weighted by atomic mass is 16.1. The van der Waals surface area contributed by atoms with Gasteiger partial charge in [0.15, 0.2) is 5.78 Å². The zero-order valence-corrected chi connectivity index (χ0v) is 14.0. The summed E-state index contributed by atoms with van der Waals surface area (Å²) >= 11 is 0. The van der Waals surface area contributed by atoms with E-state index in [1.165, 1.54) is 0 Å². The molecular formula is C23H16N2O. The molecule has 0 fully saturated rings. The van der Waals surface area contributed by atoms with Crippen LogP contribution in [0.4, 0.5) is 0 Å². The van der Waals surface area contributed by atoms with E-state index in [1.807, 2.05) is 72.8 Å². The van der Waals surface area contributed by atoms with Crippen molar-refractivity contribution in [2.24, 2.45) is 0 Å². The van der Waals surface area contributed by atoms with E-state index < -0.39 is 0 Å². The van der Waals surface area contributed by atoms with Crippen LogP contribution in [0, 0.1) is 0 Å². The lowest BCUT2D eigenvalue weighted by molar-refractivity contribution is -0.110. The van der Waals surface area contributed by atoms with Gasteiger partial charge < -0.3 is 0 Å². The van der Waals surface area contributed by atoms with Crippen LogP contribution in [0.3, 0.4) is 0 Å². The van der Waals surface area contributed by atoms with Crippen LogP contribution in [-0.2, 0) is 4.79 Å². The minimum Gasteiger partial charge on any atom is -0.290 e. The van der Waals surface area contributed by atoms with Crippen molar-refractivity contribution >= 4 is 39.7 Å². The molecule has 0 bridgehead atoms. The summed E-state index contributed by atoms with van der Waals surface area (Å²) in [5.41, 5.74) is 3.84. The molecule has 0 unspecified atom stereocenters. The van der Waals surface area contributed by atoms with Gasteiger partial charge in [0.2, 0.25) is 0 Å². The second-order valence-electron chi connectivity index (χ2n) is 5.98. The number of rotatable bonds is 4. The number of aromatic nitrogens is 2. The van der Waals surface area contributed by atoms with Gasteiger partial charge in [0.05, 0.1) is 11.0 Å². The Bertz CT molecular complexity index is 1070. The summed E-state index contributed by atoms with van der Waals surface area (Å²) < 4.78 is 0. The van der Waals surface area contributed by atoms with E-state index in [4.69, 9.17) is 0 Å². The topological polar surface area (TPSA) is 42.9 Å². The van der Waals surface area contributed by atoms with E-state index in [9.17, 15) is 4.79 Å². The smallest absolute Gasteiger partial charge is 0.178 e. The first-order valence-corrected chi connectivity index (χ1v) is 8.38. The fourth-order valence-corrected chi connectivity index (χ4v) is 2.81. The molecule has 0 N–H and O–H groups in total. The average molecular weight is 336 g/mol. The molecule has 2 aromatic heterocycles. The van der Waals surface area contributed by atoms with Gasteiger partial charge in [-0.25, -0.2) is 0 Å². The molecule has 0 atom stereocenters. The van der Waals surface area contributed by atoms with E-state index in [1.54, 1.807) is 24.5 Å². The monoisotopic (exact) mass is 336 g/mol. The second kappa shape index (κ2) is 7.11. The quantitative estimate of drug-likeness (QED) is 0.488. The van der Waals surface area contributed by atoms with Crippen molar-refractivity contribution in [2.45, 2.75) is 0 Å². The number of nitrogens with zero attached hydrogens (tertiary/aromatic N) is 2. The summed E-state index contributed by atoms with van der Waals surface area (Å²) in [5, 5.41) is 2.12. The average Bonchev–Trinajstić information content (AvgIpc) is 2.70. The van der Waals surface area contributed by atoms with Crippen LogP contribution in [0.5, 0.6) is 0 Å². The molecule has 4 rings (SSSR count). The van der Waals surface area contributed by atoms with E-state index in [-0.39, 0.29) is 5.78 Å². The predicted octanol–water partition coefficient (Wildman–Crippen LogP) is 5.08. The molecule has 26 heavy (non-hydrogen) atoms. The zero-order valence-electron chi connectivity index (χ0n) is 14.0. The SMILES string of the molecule is O=C(/C=C/c1ccc2ncccc2c1)/C=C/c1ccc2ncccc2c1. The molecule has 3 heteroatoms. The first kappa shape index (κ1) is 15.9. The Morgan fingerprint density at radius 1 is 0.692 bits per heavy atom. The number of pyridine rings is 2. The van der Waals surface area contributed by atoms with Crippen LogP contribution in [-0.4, -0.2) is 15.8 Å². The van der Waals surface area contributed by atoms with Crippen LogP contribution in [0.25, 0.3) is 34.0 Å². The van der Waals surface area contributed by atoms with Crippen LogP contribution < -0.4 is 0 Å². The summed E-state index contributed by atoms with van der Waals surface area (Å²) in [4.78, 5) is 20.7. The highest BCUT2D eigenvalue weighted by Gasteiger charge is 1.97. The Balaban J connectivity index is 1.49. The van der Waals surface area contributed by atoms with Crippen LogP contribution in [0.2, 0.25) is 0 Å². The molecule has 2 heterocycles. The van der Waals surface area contributed by atoms with E-state index in [0.717, 1.165) is 32.9 Å². The number of allylic oxidation sites excluding steroid dienone is 2. The molecule has 0 aliphatic heterocycles. The lowest BCUT2D eigenvalue weighted by Crippen LogP contribution is -1.86. The standard InChI is InChI=1S/C23H16N2O/c26-21(9-5-17-7-11-22-19(15-17)3-1-13-24-22)10-6-18-8-12-23-20(16-18)4-2-14-25-23/h1-16H/b9-5+,10-6+. The van der Waals surface area contributed by atoms with Crippen molar-refractivity contribution in [3.05, 3.63) is 96.3 Å². The number of hydrogen-bond donors (Lipinski definition) is 0. The molecule has 2 aromatic carbocycles. The number of carbonyl (C=O) groups is 1. The molecule has 0 saturated carbocycles. The van der Waals surface area contributed by atoms with Crippen molar-refractivity contribution in [2.75, 3.05) is 0 Å². The molecule has 0 aliphatic carbocycles. The Labute approximate surface area is 151 Å². The molecule has 3 nitrogen and oxygen atoms in total. The van der Waals surface area contributed by atoms with Crippen molar-refractivity contribution in [3.63, 3.8) is 0 Å². The third-order valence-corrected chi connectivity index (χ3v) is 4.13. The molecule has 0 amide bonds. The number of ketones is 1. The maximum atomic E-state index is 12.1. The molecule has 0 radical (unpaired) electrons. The number of carbonyl (C=O) groups excluding carboxylic acids is 1. The van der Waals surface area contributed by atoms with Crippen LogP contribution in [0.15, 0.2) is 85.2 Å². The van der Waals surface area contributed by atoms with Crippen molar-refractivity contribution < 1.29 is 4.79 Å². The van der Waals surface area contributed by atoms with Gasteiger partial charge in [-0.1, -0.05) is 36.4 Å². The van der Waals surface area contributed by atoms with Gasteiger partial charge in [-0.15, -0.1) is 0 Å². The Morgan fingerprint density at radius 3 is 1.69 bits per heavy atom. The summed E-state index contributed by atoms with van der Waals surface area (Å²) in [6.07, 6.45) is 10.4. The highest BCUT2D eigenvalue weighted by Crippen LogP contribution is 2.15. The molecule has 4 aromatic rings. The summed E-state index contributed by atoms with van der Waals surface area (Å²) in [6.45, 7) is 0. The number of benzene rings is 2. The normalized spacial score (nSPS) is 11.7. The first-order chi connectivity index (χ1) is 12.8. The Hall–Kier alpha value is -3.59. The Kier molecular flexibility index (Phi) is 4.35. The summed E-state index contributed by atoms with van der Waals surface area (Å²) in [7, 11) is 0. The van der Waals surface area contributed by atoms with Gasteiger partial charge in [-0.3, -0.25) is 14.8 Å². The van der Waals surface area contributed by atoms with Gasteiger partial charge in [0.25, 0.3) is 0 Å². The molecule has 0 saturated heterocycles. The van der Waals surface area contributed by atoms with E-state index >= 15 is 0 Å². The molecular weight excluding hydrogens is 320 g/mol. The lowest BCUT2D eigenvalue weighted by atomic mass is 10.1. The van der Waals surface area contributed by atoms with Crippen LogP contribution >= 0.6 is 0 Å². The van der Waals surface area contributed by atoms with Gasteiger partial charge in [0.1, 0.15) is 0 Å². The largest absolute Gasteiger partial charge is 0.290 e. The second-order valence-corrected chi connectivity index (χ2v) is 5.98. The van der Waals surface area contributed by atoms with E-state index in [2.05, 4.69) is 9.97 Å². The fourth-order valence-electron chi connectivity index (χ4n) is 2.81. The number of hydrogen-bond acceptors (Lipinski definition) is 3. The van der Waals surface area contributed by atoms with Gasteiger partial charge in [-0.2, -0.15) is 0 Å². The third-order valence-electron chi connectivity index (χ3n) is 4.13. The van der Waals surface area contributed by atoms with Gasteiger partial charge in [0, 0.05) is 23.2 Å². The summed E-state index contributed by atoms with van der Waals surface area (Å²) in [6, 6.07) is 19.7. The van der Waals surface area contributed by atoms with E-state index in [0.29, 0.717) is 0 Å². The van der Waals surface area contributed by atoms with Crippen molar-refractivity contribution in [1.82, 2.24) is 9.97 Å². The molecule has 124 valence electrons. The minimum atomic E-state index is -0.0532. The minimum absolute atomic E-state index is 0.0532. The van der Waals surface area contributed by atoms with Crippen LogP contribution in [0.1, 0.15) is 11.1 Å². The zero-order chi connectivity index (χ0) is 17.8. The first-order valence-electron chi connectivity index (χ1n) is 8.38. The third kappa shape index (κ3) is 3.57. The predicted molar refractivity (Wildman–Crippen MR) is 107 cm³/mol. The highest BCUT2D eigenvalue weighted by molar-refractivity contribution is 6.04. The maximum absolute atomic E-state index is 12.1. The number of fused-ring (bicyclic) bond motifs is 2. The fraction of sp³-hybridized carbons (Fsp3) is 0. The van der Waals surface area contributed by atoms with Crippen molar-refractivity contribution in [3.8, 4) is 0 Å². The van der Waals surface area contributed by atoms with Crippen molar-refractivity contribution in [1.29, 1.82) is 0 Å². The Morgan fingerprint density at radius 2 is 1.19 bits per heavy atom. The lowest BCUT2D eigenvalue weighted by Gasteiger charge is -1.98. The molecule has 0 spiro atoms. The summed E-state index contributed by atoms with van der Waals surface area (Å²) in [5.74, 6) is -0.0532. The molecule has 0 aliphatic rings. The van der Waals surface area contributed by atoms with Gasteiger partial charge >= 0.3 is 0 Å². The maximum Gasteiger partial charge on any atom is 0.178 e.